The first-order valence-electron chi connectivity index (χ1n) is 11.7. The highest BCUT2D eigenvalue weighted by molar-refractivity contribution is 7.13. The maximum Gasteiger partial charge on any atom is 0.254 e. The number of likely N-dealkylation sites (tertiary alicyclic amines) is 1. The number of aliphatic hydroxyl groups is 1. The molecule has 4 rings (SSSR count). The zero-order chi connectivity index (χ0) is 26.0. The summed E-state index contributed by atoms with van der Waals surface area (Å²) in [6.07, 6.45) is 2.62. The lowest BCUT2D eigenvalue weighted by molar-refractivity contribution is -0.141. The molecule has 1 saturated heterocycles. The van der Waals surface area contributed by atoms with Crippen LogP contribution in [0.1, 0.15) is 56.3 Å². The monoisotopic (exact) mass is 514 g/mol. The summed E-state index contributed by atoms with van der Waals surface area (Å²) in [7, 11) is 1.46. The first kappa shape index (κ1) is 25.7. The van der Waals surface area contributed by atoms with Gasteiger partial charge in [-0.25, -0.2) is 4.98 Å². The molecule has 2 amide bonds. The van der Waals surface area contributed by atoms with Gasteiger partial charge in [0.25, 0.3) is 5.88 Å². The molecule has 4 atom stereocenters. The molecule has 0 aromatic carbocycles. The van der Waals surface area contributed by atoms with E-state index in [0.29, 0.717) is 11.5 Å². The average molecular weight is 515 g/mol. The Kier molecular flexibility index (Phi) is 7.65. The molecule has 12 heteroatoms. The van der Waals surface area contributed by atoms with E-state index in [1.807, 2.05) is 20.8 Å². The molecular formula is C24H30N6O5S. The van der Waals surface area contributed by atoms with Crippen LogP contribution in [0.15, 0.2) is 28.5 Å². The fraction of sp³-hybridized carbons (Fsp3) is 0.500. The van der Waals surface area contributed by atoms with E-state index < -0.39 is 24.1 Å². The number of amides is 2. The van der Waals surface area contributed by atoms with Crippen LogP contribution in [0.25, 0.3) is 10.6 Å². The van der Waals surface area contributed by atoms with E-state index in [1.54, 1.807) is 30.9 Å². The SMILES string of the molecule is COc1cc(C(C(=O)N2C[C@H](O)C[C@H]2C(=O)N[C@@H](C)c2cnc(-c3scnc3C)cn2)C(C)C)on1. The molecule has 0 radical (unpaired) electrons. The van der Waals surface area contributed by atoms with Gasteiger partial charge in [-0.2, -0.15) is 0 Å². The molecule has 11 nitrogen and oxygen atoms in total. The number of aryl methyl sites for hydroxylation is 1. The van der Waals surface area contributed by atoms with Crippen molar-refractivity contribution in [3.05, 3.63) is 41.1 Å². The number of rotatable bonds is 8. The minimum atomic E-state index is -0.826. The molecule has 0 spiro atoms. The summed E-state index contributed by atoms with van der Waals surface area (Å²) in [5.74, 6) is -0.857. The van der Waals surface area contributed by atoms with Gasteiger partial charge < -0.3 is 24.6 Å². The Hall–Kier alpha value is -3.38. The van der Waals surface area contributed by atoms with Crippen molar-refractivity contribution in [2.75, 3.05) is 13.7 Å². The Morgan fingerprint density at radius 2 is 2.03 bits per heavy atom. The van der Waals surface area contributed by atoms with Gasteiger partial charge in [0.05, 0.1) is 53.4 Å². The van der Waals surface area contributed by atoms with Gasteiger partial charge in [0.15, 0.2) is 5.76 Å². The molecule has 36 heavy (non-hydrogen) atoms. The zero-order valence-electron chi connectivity index (χ0n) is 20.8. The van der Waals surface area contributed by atoms with E-state index in [2.05, 4.69) is 25.4 Å². The van der Waals surface area contributed by atoms with Crippen LogP contribution in [-0.2, 0) is 9.59 Å². The number of hydrogen-bond donors (Lipinski definition) is 2. The number of ether oxygens (including phenoxy) is 1. The normalized spacial score (nSPS) is 19.4. The van der Waals surface area contributed by atoms with E-state index in [4.69, 9.17) is 9.26 Å². The Bertz CT molecular complexity index is 1210. The third kappa shape index (κ3) is 5.24. The van der Waals surface area contributed by atoms with E-state index >= 15 is 0 Å². The number of hydrogen-bond acceptors (Lipinski definition) is 10. The lowest BCUT2D eigenvalue weighted by Crippen LogP contribution is -2.48. The number of carbonyl (C=O) groups excluding carboxylic acids is 2. The van der Waals surface area contributed by atoms with Gasteiger partial charge in [-0.15, -0.1) is 11.3 Å². The highest BCUT2D eigenvalue weighted by Gasteiger charge is 2.43. The highest BCUT2D eigenvalue weighted by Crippen LogP contribution is 2.32. The van der Waals surface area contributed by atoms with Crippen LogP contribution in [0.5, 0.6) is 5.88 Å². The van der Waals surface area contributed by atoms with Crippen LogP contribution in [-0.4, -0.2) is 67.7 Å². The first-order valence-corrected chi connectivity index (χ1v) is 12.6. The third-order valence-electron chi connectivity index (χ3n) is 6.27. The summed E-state index contributed by atoms with van der Waals surface area (Å²) in [6, 6.07) is 0.297. The summed E-state index contributed by atoms with van der Waals surface area (Å²) >= 11 is 1.49. The molecule has 1 aliphatic heterocycles. The smallest absolute Gasteiger partial charge is 0.254 e. The average Bonchev–Trinajstić information content (AvgIpc) is 3.58. The number of thiazole rings is 1. The Balaban J connectivity index is 1.47. The largest absolute Gasteiger partial charge is 0.479 e. The fourth-order valence-electron chi connectivity index (χ4n) is 4.34. The van der Waals surface area contributed by atoms with E-state index in [0.717, 1.165) is 16.3 Å². The first-order chi connectivity index (χ1) is 17.2. The minimum absolute atomic E-state index is 0.0580. The maximum atomic E-state index is 13.6. The number of methoxy groups -OCH3 is 1. The second kappa shape index (κ2) is 10.7. The van der Waals surface area contributed by atoms with Crippen molar-refractivity contribution in [3.8, 4) is 16.5 Å². The molecule has 1 unspecified atom stereocenters. The topological polar surface area (TPSA) is 144 Å². The van der Waals surface area contributed by atoms with Gasteiger partial charge in [-0.05, 0) is 24.9 Å². The van der Waals surface area contributed by atoms with E-state index in [-0.39, 0.29) is 36.6 Å². The number of aliphatic hydroxyl groups excluding tert-OH is 1. The summed E-state index contributed by atoms with van der Waals surface area (Å²) < 4.78 is 10.4. The third-order valence-corrected chi connectivity index (χ3v) is 7.22. The van der Waals surface area contributed by atoms with Gasteiger partial charge >= 0.3 is 0 Å². The Morgan fingerprint density at radius 1 is 1.25 bits per heavy atom. The predicted molar refractivity (Wildman–Crippen MR) is 131 cm³/mol. The number of β-amino-alcohol motifs (C(OH)–C–C–N with tert-alkyl or cyclic N) is 1. The molecule has 0 bridgehead atoms. The van der Waals surface area contributed by atoms with E-state index in [9.17, 15) is 14.7 Å². The van der Waals surface area contributed by atoms with Crippen LogP contribution in [0.2, 0.25) is 0 Å². The summed E-state index contributed by atoms with van der Waals surface area (Å²) in [6.45, 7) is 7.54. The highest BCUT2D eigenvalue weighted by atomic mass is 32.1. The van der Waals surface area contributed by atoms with Crippen LogP contribution in [0.4, 0.5) is 0 Å². The predicted octanol–water partition coefficient (Wildman–Crippen LogP) is 2.48. The van der Waals surface area contributed by atoms with Crippen molar-refractivity contribution in [1.82, 2.24) is 30.3 Å². The summed E-state index contributed by atoms with van der Waals surface area (Å²) in [4.78, 5) is 42.3. The van der Waals surface area contributed by atoms with Gasteiger partial charge in [-0.3, -0.25) is 19.6 Å². The summed E-state index contributed by atoms with van der Waals surface area (Å²) in [5.41, 5.74) is 3.95. The summed E-state index contributed by atoms with van der Waals surface area (Å²) in [5, 5.41) is 17.1. The van der Waals surface area contributed by atoms with Gasteiger partial charge in [0, 0.05) is 19.0 Å². The van der Waals surface area contributed by atoms with Crippen LogP contribution in [0.3, 0.4) is 0 Å². The molecule has 2 N–H and O–H groups in total. The second-order valence-electron chi connectivity index (χ2n) is 9.21. The lowest BCUT2D eigenvalue weighted by atomic mass is 9.91. The maximum absolute atomic E-state index is 13.6. The molecule has 1 fully saturated rings. The van der Waals surface area contributed by atoms with Crippen LogP contribution >= 0.6 is 11.3 Å². The number of nitrogens with one attached hydrogen (secondary N) is 1. The van der Waals surface area contributed by atoms with Crippen molar-refractivity contribution < 1.29 is 24.0 Å². The molecule has 0 aliphatic carbocycles. The van der Waals surface area contributed by atoms with Gasteiger partial charge in [0.1, 0.15) is 17.7 Å². The van der Waals surface area contributed by atoms with E-state index in [1.165, 1.54) is 23.3 Å². The minimum Gasteiger partial charge on any atom is -0.479 e. The molecule has 192 valence electrons. The molecule has 3 aromatic rings. The Morgan fingerprint density at radius 3 is 2.61 bits per heavy atom. The second-order valence-corrected chi connectivity index (χ2v) is 10.1. The molecule has 3 aromatic heterocycles. The van der Waals surface area contributed by atoms with Crippen molar-refractivity contribution in [2.45, 2.75) is 58.2 Å². The standard InChI is InChI=1S/C24H30N6O5S/c1-12(2)21(19-7-20(34-5)29-35-19)24(33)30-10-15(31)6-18(30)23(32)28-13(3)16-8-26-17(9-25-16)22-14(4)27-11-36-22/h7-9,11-13,15,18,21,31H,6,10H2,1-5H3,(H,28,32)/t13-,15+,18-,21?/m0/s1. The number of carbonyl (C=O) groups is 2. The van der Waals surface area contributed by atoms with Crippen molar-refractivity contribution >= 4 is 23.2 Å². The zero-order valence-corrected chi connectivity index (χ0v) is 21.7. The number of aromatic nitrogens is 4. The van der Waals surface area contributed by atoms with Gasteiger partial charge in [0.2, 0.25) is 11.8 Å². The van der Waals surface area contributed by atoms with Gasteiger partial charge in [-0.1, -0.05) is 13.8 Å². The van der Waals surface area contributed by atoms with Crippen molar-refractivity contribution in [1.29, 1.82) is 0 Å². The molecule has 1 aliphatic rings. The molecule has 4 heterocycles. The van der Waals surface area contributed by atoms with Crippen molar-refractivity contribution in [2.24, 2.45) is 5.92 Å². The number of nitrogens with zero attached hydrogens (tertiary/aromatic N) is 5. The lowest BCUT2D eigenvalue weighted by Gasteiger charge is -2.29. The Labute approximate surface area is 212 Å². The van der Waals surface area contributed by atoms with Crippen LogP contribution < -0.4 is 10.1 Å². The fourth-order valence-corrected chi connectivity index (χ4v) is 5.11. The quantitative estimate of drug-likeness (QED) is 0.463. The van der Waals surface area contributed by atoms with Crippen molar-refractivity contribution in [3.63, 3.8) is 0 Å². The van der Waals surface area contributed by atoms with Crippen LogP contribution in [0, 0.1) is 12.8 Å². The molecule has 0 saturated carbocycles. The molecular weight excluding hydrogens is 484 g/mol.